The SMILES string of the molecule is CC1=NOC2(C)CCCC12C. The molecular weight excluding hydrogens is 138 g/mol. The fourth-order valence-corrected chi connectivity index (χ4v) is 2.30. The first-order chi connectivity index (χ1) is 5.08. The van der Waals surface area contributed by atoms with Gasteiger partial charge in [0.1, 0.15) is 5.60 Å². The van der Waals surface area contributed by atoms with Gasteiger partial charge in [0.05, 0.1) is 11.1 Å². The predicted octanol–water partition coefficient (Wildman–Crippen LogP) is 2.34. The van der Waals surface area contributed by atoms with Crippen LogP contribution in [0.15, 0.2) is 5.16 Å². The lowest BCUT2D eigenvalue weighted by Gasteiger charge is -2.31. The molecule has 2 heteroatoms. The van der Waals surface area contributed by atoms with Crippen LogP contribution in [0.4, 0.5) is 0 Å². The smallest absolute Gasteiger partial charge is 0.145 e. The van der Waals surface area contributed by atoms with Crippen molar-refractivity contribution in [3.05, 3.63) is 0 Å². The summed E-state index contributed by atoms with van der Waals surface area (Å²) in [4.78, 5) is 5.47. The number of hydrogen-bond acceptors (Lipinski definition) is 2. The molecule has 0 saturated heterocycles. The molecule has 2 atom stereocenters. The molecule has 1 heterocycles. The standard InChI is InChI=1S/C9H15NO/c1-7-8(2)5-4-6-9(8,3)11-10-7/h4-6H2,1-3H3. The van der Waals surface area contributed by atoms with E-state index in [0.29, 0.717) is 0 Å². The number of hydrogen-bond donors (Lipinski definition) is 0. The first kappa shape index (κ1) is 7.14. The Morgan fingerprint density at radius 3 is 2.73 bits per heavy atom. The number of rotatable bonds is 0. The molecule has 1 aliphatic heterocycles. The monoisotopic (exact) mass is 153 g/mol. The molecule has 0 amide bonds. The molecule has 0 aromatic rings. The first-order valence-corrected chi connectivity index (χ1v) is 4.32. The molecule has 2 rings (SSSR count). The molecule has 1 saturated carbocycles. The second-order valence-corrected chi connectivity index (χ2v) is 4.18. The third-order valence-corrected chi connectivity index (χ3v) is 3.68. The van der Waals surface area contributed by atoms with Crippen LogP contribution in [0.1, 0.15) is 40.0 Å². The minimum absolute atomic E-state index is 0.0110. The van der Waals surface area contributed by atoms with Crippen LogP contribution < -0.4 is 0 Å². The van der Waals surface area contributed by atoms with Crippen LogP contribution in [-0.2, 0) is 4.84 Å². The van der Waals surface area contributed by atoms with Gasteiger partial charge >= 0.3 is 0 Å². The third-order valence-electron chi connectivity index (χ3n) is 3.68. The molecular formula is C9H15NO. The molecule has 0 N–H and O–H groups in total. The molecule has 11 heavy (non-hydrogen) atoms. The zero-order chi connectivity index (χ0) is 8.11. The lowest BCUT2D eigenvalue weighted by atomic mass is 9.74. The Labute approximate surface area is 67.6 Å². The van der Waals surface area contributed by atoms with Crippen molar-refractivity contribution < 1.29 is 4.84 Å². The van der Waals surface area contributed by atoms with Gasteiger partial charge in [-0.15, -0.1) is 0 Å². The fourth-order valence-electron chi connectivity index (χ4n) is 2.30. The van der Waals surface area contributed by atoms with E-state index in [9.17, 15) is 0 Å². The normalized spacial score (nSPS) is 48.5. The van der Waals surface area contributed by atoms with Gasteiger partial charge in [0, 0.05) is 0 Å². The van der Waals surface area contributed by atoms with E-state index >= 15 is 0 Å². The van der Waals surface area contributed by atoms with Crippen LogP contribution in [0.3, 0.4) is 0 Å². The van der Waals surface area contributed by atoms with E-state index < -0.39 is 0 Å². The molecule has 0 aromatic carbocycles. The second kappa shape index (κ2) is 1.79. The molecule has 62 valence electrons. The van der Waals surface area contributed by atoms with E-state index in [-0.39, 0.29) is 11.0 Å². The molecule has 1 aliphatic carbocycles. The maximum absolute atomic E-state index is 5.47. The van der Waals surface area contributed by atoms with Crippen LogP contribution >= 0.6 is 0 Å². The molecule has 0 bridgehead atoms. The Morgan fingerprint density at radius 2 is 2.09 bits per heavy atom. The quantitative estimate of drug-likeness (QED) is 0.523. The van der Waals surface area contributed by atoms with E-state index in [0.717, 1.165) is 6.42 Å². The Balaban J connectivity index is 2.41. The van der Waals surface area contributed by atoms with E-state index in [1.165, 1.54) is 18.6 Å². The molecule has 2 nitrogen and oxygen atoms in total. The fraction of sp³-hybridized carbons (Fsp3) is 0.889. The van der Waals surface area contributed by atoms with Gasteiger partial charge in [-0.1, -0.05) is 12.1 Å². The van der Waals surface area contributed by atoms with Gasteiger partial charge in [-0.25, -0.2) is 0 Å². The molecule has 0 spiro atoms. The number of oxime groups is 1. The molecule has 2 aliphatic rings. The zero-order valence-electron chi connectivity index (χ0n) is 7.48. The molecule has 0 radical (unpaired) electrons. The maximum Gasteiger partial charge on any atom is 0.145 e. The highest BCUT2D eigenvalue weighted by molar-refractivity contribution is 5.90. The Hall–Kier alpha value is -0.530. The van der Waals surface area contributed by atoms with E-state index in [4.69, 9.17) is 4.84 Å². The highest BCUT2D eigenvalue weighted by atomic mass is 16.7. The van der Waals surface area contributed by atoms with Gasteiger partial charge in [-0.3, -0.25) is 0 Å². The van der Waals surface area contributed by atoms with Crippen molar-refractivity contribution in [3.63, 3.8) is 0 Å². The van der Waals surface area contributed by atoms with E-state index in [2.05, 4.69) is 25.9 Å². The van der Waals surface area contributed by atoms with Gasteiger partial charge in [0.25, 0.3) is 0 Å². The highest BCUT2D eigenvalue weighted by Gasteiger charge is 2.56. The van der Waals surface area contributed by atoms with Gasteiger partial charge < -0.3 is 4.84 Å². The summed E-state index contributed by atoms with van der Waals surface area (Å²) in [6, 6.07) is 0. The highest BCUT2D eigenvalue weighted by Crippen LogP contribution is 2.52. The zero-order valence-corrected chi connectivity index (χ0v) is 7.48. The van der Waals surface area contributed by atoms with Crippen molar-refractivity contribution in [1.29, 1.82) is 0 Å². The van der Waals surface area contributed by atoms with Crippen molar-refractivity contribution in [2.24, 2.45) is 10.6 Å². The second-order valence-electron chi connectivity index (χ2n) is 4.18. The van der Waals surface area contributed by atoms with Crippen LogP contribution in [0.2, 0.25) is 0 Å². The summed E-state index contributed by atoms with van der Waals surface area (Å²) in [5.41, 5.74) is 1.42. The predicted molar refractivity (Wildman–Crippen MR) is 44.6 cm³/mol. The van der Waals surface area contributed by atoms with Gasteiger partial charge in [-0.05, 0) is 33.1 Å². The van der Waals surface area contributed by atoms with E-state index in [1.54, 1.807) is 0 Å². The number of fused-ring (bicyclic) bond motifs is 1. The van der Waals surface area contributed by atoms with Crippen LogP contribution in [0.25, 0.3) is 0 Å². The van der Waals surface area contributed by atoms with Crippen molar-refractivity contribution in [3.8, 4) is 0 Å². The van der Waals surface area contributed by atoms with Crippen LogP contribution in [0, 0.1) is 5.41 Å². The molecule has 1 fully saturated rings. The lowest BCUT2D eigenvalue weighted by Crippen LogP contribution is -2.39. The minimum Gasteiger partial charge on any atom is -0.389 e. The lowest BCUT2D eigenvalue weighted by molar-refractivity contribution is -0.0443. The summed E-state index contributed by atoms with van der Waals surface area (Å²) < 4.78 is 0. The van der Waals surface area contributed by atoms with Crippen LogP contribution in [-0.4, -0.2) is 11.3 Å². The minimum atomic E-state index is 0.0110. The largest absolute Gasteiger partial charge is 0.389 e. The summed E-state index contributed by atoms with van der Waals surface area (Å²) in [7, 11) is 0. The number of nitrogens with zero attached hydrogens (tertiary/aromatic N) is 1. The van der Waals surface area contributed by atoms with E-state index in [1.807, 2.05) is 0 Å². The Kier molecular flexibility index (Phi) is 1.16. The van der Waals surface area contributed by atoms with Crippen molar-refractivity contribution in [2.75, 3.05) is 0 Å². The van der Waals surface area contributed by atoms with Gasteiger partial charge in [0.2, 0.25) is 0 Å². The van der Waals surface area contributed by atoms with Gasteiger partial charge in [-0.2, -0.15) is 0 Å². The van der Waals surface area contributed by atoms with Crippen molar-refractivity contribution in [1.82, 2.24) is 0 Å². The molecule has 0 aromatic heterocycles. The topological polar surface area (TPSA) is 21.6 Å². The molecule has 2 unspecified atom stereocenters. The third kappa shape index (κ3) is 0.652. The average Bonchev–Trinajstić information content (AvgIpc) is 2.34. The average molecular weight is 153 g/mol. The first-order valence-electron chi connectivity index (χ1n) is 4.32. The summed E-state index contributed by atoms with van der Waals surface area (Å²) in [5, 5.41) is 4.08. The Morgan fingerprint density at radius 1 is 1.36 bits per heavy atom. The summed E-state index contributed by atoms with van der Waals surface area (Å²) in [5.74, 6) is 0. The van der Waals surface area contributed by atoms with Crippen LogP contribution in [0.5, 0.6) is 0 Å². The summed E-state index contributed by atoms with van der Waals surface area (Å²) in [6.45, 7) is 6.53. The van der Waals surface area contributed by atoms with Crippen molar-refractivity contribution in [2.45, 2.75) is 45.6 Å². The van der Waals surface area contributed by atoms with Crippen molar-refractivity contribution >= 4 is 5.71 Å². The maximum atomic E-state index is 5.47. The Bertz CT molecular complexity index is 224. The van der Waals surface area contributed by atoms with Gasteiger partial charge in [0.15, 0.2) is 0 Å². The summed E-state index contributed by atoms with van der Waals surface area (Å²) in [6.07, 6.45) is 3.67. The summed E-state index contributed by atoms with van der Waals surface area (Å²) >= 11 is 0.